The number of hydrogen-bond acceptors (Lipinski definition) is 3. The molecule has 5 nitrogen and oxygen atoms in total. The monoisotopic (exact) mass is 257 g/mol. The summed E-state index contributed by atoms with van der Waals surface area (Å²) in [7, 11) is 0. The molecule has 5 heteroatoms. The molecule has 0 unspecified atom stereocenters. The van der Waals surface area contributed by atoms with Crippen LogP contribution >= 0.6 is 0 Å². The predicted molar refractivity (Wildman–Crippen MR) is 74.1 cm³/mol. The highest BCUT2D eigenvalue weighted by molar-refractivity contribution is 6.03. The number of aryl methyl sites for hydroxylation is 1. The van der Waals surface area contributed by atoms with E-state index in [-0.39, 0.29) is 17.2 Å². The molecule has 1 heterocycles. The number of benzene rings is 1. The predicted octanol–water partition coefficient (Wildman–Crippen LogP) is 1.39. The molecule has 0 saturated carbocycles. The zero-order valence-electron chi connectivity index (χ0n) is 10.6. The van der Waals surface area contributed by atoms with Crippen LogP contribution in [0, 0.1) is 6.92 Å². The number of aromatic amines is 1. The van der Waals surface area contributed by atoms with Gasteiger partial charge in [-0.15, -0.1) is 0 Å². The zero-order valence-corrected chi connectivity index (χ0v) is 10.6. The van der Waals surface area contributed by atoms with E-state index in [2.05, 4.69) is 10.3 Å². The van der Waals surface area contributed by atoms with Crippen LogP contribution in [-0.2, 0) is 6.54 Å². The number of nitrogens with two attached hydrogens (primary N) is 1. The molecule has 0 fully saturated rings. The van der Waals surface area contributed by atoms with Crippen LogP contribution in [0.25, 0.3) is 0 Å². The lowest BCUT2D eigenvalue weighted by molar-refractivity contribution is 0.102. The first-order chi connectivity index (χ1) is 9.10. The number of carbonyl (C=O) groups is 1. The molecule has 0 radical (unpaired) electrons. The van der Waals surface area contributed by atoms with E-state index >= 15 is 0 Å². The van der Waals surface area contributed by atoms with Gasteiger partial charge in [0.2, 0.25) is 5.56 Å². The summed E-state index contributed by atoms with van der Waals surface area (Å²) < 4.78 is 0. The molecule has 1 amide bonds. The third-order valence-electron chi connectivity index (χ3n) is 2.80. The van der Waals surface area contributed by atoms with E-state index < -0.39 is 0 Å². The molecular weight excluding hydrogens is 242 g/mol. The fraction of sp³-hybridized carbons (Fsp3) is 0.143. The van der Waals surface area contributed by atoms with Crippen LogP contribution < -0.4 is 16.6 Å². The number of carbonyl (C=O) groups excluding carboxylic acids is 1. The van der Waals surface area contributed by atoms with Gasteiger partial charge in [0.25, 0.3) is 5.91 Å². The van der Waals surface area contributed by atoms with E-state index in [1.165, 1.54) is 12.1 Å². The summed E-state index contributed by atoms with van der Waals surface area (Å²) in [6, 6.07) is 10.1. The molecule has 0 spiro atoms. The van der Waals surface area contributed by atoms with Crippen molar-refractivity contribution in [1.82, 2.24) is 4.98 Å². The van der Waals surface area contributed by atoms with Crippen LogP contribution in [0.4, 0.5) is 5.69 Å². The number of pyridine rings is 1. The van der Waals surface area contributed by atoms with Crippen molar-refractivity contribution in [3.63, 3.8) is 0 Å². The van der Waals surface area contributed by atoms with Crippen molar-refractivity contribution in [2.45, 2.75) is 13.5 Å². The minimum atomic E-state index is -0.352. The van der Waals surface area contributed by atoms with E-state index in [0.717, 1.165) is 11.1 Å². The maximum atomic E-state index is 12.0. The van der Waals surface area contributed by atoms with E-state index in [4.69, 9.17) is 5.73 Å². The lowest BCUT2D eigenvalue weighted by Crippen LogP contribution is -2.18. The second kappa shape index (κ2) is 5.49. The largest absolute Gasteiger partial charge is 0.326 e. The maximum Gasteiger partial charge on any atom is 0.272 e. The zero-order chi connectivity index (χ0) is 13.8. The molecule has 2 aromatic rings. The number of H-pyrrole nitrogens is 1. The second-order valence-corrected chi connectivity index (χ2v) is 4.24. The highest BCUT2D eigenvalue weighted by atomic mass is 16.2. The molecule has 0 aliphatic rings. The molecule has 4 N–H and O–H groups in total. The van der Waals surface area contributed by atoms with Crippen molar-refractivity contribution in [2.75, 3.05) is 5.32 Å². The Morgan fingerprint density at radius 1 is 1.32 bits per heavy atom. The average Bonchev–Trinajstić information content (AvgIpc) is 2.41. The third kappa shape index (κ3) is 3.08. The van der Waals surface area contributed by atoms with Gasteiger partial charge < -0.3 is 16.0 Å². The number of rotatable bonds is 3. The standard InChI is InChI=1S/C14H15N3O2/c1-9-5-6-10(8-15)7-12(9)17-14(19)11-3-2-4-13(18)16-11/h2-7H,8,15H2,1H3,(H,16,18)(H,17,19). The summed E-state index contributed by atoms with van der Waals surface area (Å²) in [5.74, 6) is -0.352. The van der Waals surface area contributed by atoms with E-state index in [9.17, 15) is 9.59 Å². The number of nitrogens with one attached hydrogen (secondary N) is 2. The smallest absolute Gasteiger partial charge is 0.272 e. The number of hydrogen-bond donors (Lipinski definition) is 3. The van der Waals surface area contributed by atoms with Crippen molar-refractivity contribution in [3.8, 4) is 0 Å². The fourth-order valence-corrected chi connectivity index (χ4v) is 1.70. The molecule has 1 aromatic carbocycles. The number of amides is 1. The molecule has 2 rings (SSSR count). The van der Waals surface area contributed by atoms with E-state index in [0.29, 0.717) is 12.2 Å². The minimum Gasteiger partial charge on any atom is -0.326 e. The molecule has 1 aromatic heterocycles. The Bertz CT molecular complexity index is 662. The number of aromatic nitrogens is 1. The van der Waals surface area contributed by atoms with Gasteiger partial charge in [-0.25, -0.2) is 0 Å². The molecule has 98 valence electrons. The lowest BCUT2D eigenvalue weighted by Gasteiger charge is -2.09. The van der Waals surface area contributed by atoms with Crippen LogP contribution in [0.5, 0.6) is 0 Å². The van der Waals surface area contributed by atoms with Crippen molar-refractivity contribution in [3.05, 3.63) is 63.6 Å². The Kier molecular flexibility index (Phi) is 3.77. The van der Waals surface area contributed by atoms with Crippen LogP contribution in [0.3, 0.4) is 0 Å². The first kappa shape index (κ1) is 13.0. The highest BCUT2D eigenvalue weighted by Crippen LogP contribution is 2.17. The minimum absolute atomic E-state index is 0.227. The summed E-state index contributed by atoms with van der Waals surface area (Å²) in [6.45, 7) is 2.30. The molecule has 0 atom stereocenters. The Morgan fingerprint density at radius 2 is 2.11 bits per heavy atom. The van der Waals surface area contributed by atoms with E-state index in [1.54, 1.807) is 6.07 Å². The highest BCUT2D eigenvalue weighted by Gasteiger charge is 2.08. The third-order valence-corrected chi connectivity index (χ3v) is 2.80. The average molecular weight is 257 g/mol. The molecule has 0 saturated heterocycles. The van der Waals surface area contributed by atoms with Gasteiger partial charge in [0, 0.05) is 18.3 Å². The fourth-order valence-electron chi connectivity index (χ4n) is 1.70. The molecule has 0 aliphatic carbocycles. The van der Waals surface area contributed by atoms with Gasteiger partial charge in [-0.05, 0) is 30.2 Å². The van der Waals surface area contributed by atoms with Crippen LogP contribution in [0.1, 0.15) is 21.6 Å². The first-order valence-electron chi connectivity index (χ1n) is 5.90. The van der Waals surface area contributed by atoms with Crippen molar-refractivity contribution < 1.29 is 4.79 Å². The summed E-state index contributed by atoms with van der Waals surface area (Å²) in [4.78, 5) is 25.7. The van der Waals surface area contributed by atoms with Crippen molar-refractivity contribution >= 4 is 11.6 Å². The molecule has 0 aliphatic heterocycles. The van der Waals surface area contributed by atoms with Gasteiger partial charge in [-0.2, -0.15) is 0 Å². The van der Waals surface area contributed by atoms with Crippen LogP contribution in [0.2, 0.25) is 0 Å². The second-order valence-electron chi connectivity index (χ2n) is 4.24. The van der Waals surface area contributed by atoms with Gasteiger partial charge in [-0.1, -0.05) is 18.2 Å². The Morgan fingerprint density at radius 3 is 2.79 bits per heavy atom. The summed E-state index contributed by atoms with van der Waals surface area (Å²) >= 11 is 0. The summed E-state index contributed by atoms with van der Waals surface area (Å²) in [6.07, 6.45) is 0. The Hall–Kier alpha value is -2.40. The topological polar surface area (TPSA) is 88.0 Å². The maximum absolute atomic E-state index is 12.0. The molecular formula is C14H15N3O2. The molecule has 0 bridgehead atoms. The van der Waals surface area contributed by atoms with Crippen molar-refractivity contribution in [2.24, 2.45) is 5.73 Å². The Balaban J connectivity index is 2.26. The van der Waals surface area contributed by atoms with Gasteiger partial charge in [0.1, 0.15) is 5.69 Å². The Labute approximate surface area is 110 Å². The van der Waals surface area contributed by atoms with Crippen molar-refractivity contribution in [1.29, 1.82) is 0 Å². The SMILES string of the molecule is Cc1ccc(CN)cc1NC(=O)c1cccc(=O)[nH]1. The van der Waals surface area contributed by atoms with Gasteiger partial charge in [-0.3, -0.25) is 9.59 Å². The van der Waals surface area contributed by atoms with Crippen LogP contribution in [-0.4, -0.2) is 10.9 Å². The summed E-state index contributed by atoms with van der Waals surface area (Å²) in [5.41, 5.74) is 8.05. The van der Waals surface area contributed by atoms with Gasteiger partial charge in [0.05, 0.1) is 0 Å². The van der Waals surface area contributed by atoms with Crippen LogP contribution in [0.15, 0.2) is 41.2 Å². The van der Waals surface area contributed by atoms with Gasteiger partial charge >= 0.3 is 0 Å². The quantitative estimate of drug-likeness (QED) is 0.776. The first-order valence-corrected chi connectivity index (χ1v) is 5.90. The molecule has 19 heavy (non-hydrogen) atoms. The lowest BCUT2D eigenvalue weighted by atomic mass is 10.1. The van der Waals surface area contributed by atoms with Gasteiger partial charge in [0.15, 0.2) is 0 Å². The normalized spacial score (nSPS) is 10.2. The number of anilines is 1. The van der Waals surface area contributed by atoms with E-state index in [1.807, 2.05) is 25.1 Å². The summed E-state index contributed by atoms with van der Waals surface area (Å²) in [5, 5.41) is 2.76.